The van der Waals surface area contributed by atoms with Gasteiger partial charge in [-0.3, -0.25) is 0 Å². The topological polar surface area (TPSA) is 213 Å². The first-order chi connectivity index (χ1) is 19.7. The number of nitrogens with one attached hydrogen (secondary N) is 1. The highest BCUT2D eigenvalue weighted by molar-refractivity contribution is 7.92. The van der Waals surface area contributed by atoms with E-state index in [0.29, 0.717) is 48.4 Å². The van der Waals surface area contributed by atoms with E-state index >= 15 is 0 Å². The first-order valence-corrected chi connectivity index (χ1v) is 13.5. The van der Waals surface area contributed by atoms with Crippen LogP contribution in [0.2, 0.25) is 0 Å². The van der Waals surface area contributed by atoms with Gasteiger partial charge in [0, 0.05) is 43.4 Å². The standard InChI is InChI=1S/C16H22N4O4.C10H10N4O2S/c1-21-4-5-24-14-12(22-2)7-10(8-13(14)23-3)6-11-9-19-16(18)20-15(11)17;11-8-2-4-9(5-3-8)17(15,16)14-10-12-6-1-7-13-10/h7-9H,4-6H2,1-3H3,(H4,17,18,19,20);1-7H,11H2,(H,12,13,14). The van der Waals surface area contributed by atoms with Crippen molar-refractivity contribution < 1.29 is 27.4 Å². The van der Waals surface area contributed by atoms with Crippen LogP contribution in [0.5, 0.6) is 17.2 Å². The Hall–Kier alpha value is -4.89. The van der Waals surface area contributed by atoms with Crippen LogP contribution < -0.4 is 36.1 Å². The van der Waals surface area contributed by atoms with Crippen LogP contribution in [0.4, 0.5) is 23.4 Å². The molecule has 4 aromatic rings. The summed E-state index contributed by atoms with van der Waals surface area (Å²) in [5.41, 5.74) is 19.1. The van der Waals surface area contributed by atoms with Gasteiger partial charge in [-0.05, 0) is 48.0 Å². The molecular formula is C26H32N8O6S. The van der Waals surface area contributed by atoms with E-state index in [2.05, 4.69) is 24.7 Å². The quantitative estimate of drug-likeness (QED) is 0.147. The molecule has 218 valence electrons. The third-order valence-electron chi connectivity index (χ3n) is 5.35. The molecule has 2 aromatic carbocycles. The van der Waals surface area contributed by atoms with Crippen molar-refractivity contribution in [3.63, 3.8) is 0 Å². The predicted molar refractivity (Wildman–Crippen MR) is 154 cm³/mol. The highest BCUT2D eigenvalue weighted by atomic mass is 32.2. The molecule has 4 rings (SSSR count). The molecule has 7 N–H and O–H groups in total. The van der Waals surface area contributed by atoms with Gasteiger partial charge < -0.3 is 36.1 Å². The number of rotatable bonds is 11. The molecule has 2 heterocycles. The molecule has 0 bridgehead atoms. The minimum absolute atomic E-state index is 0.0318. The number of ether oxygens (including phenoxy) is 4. The lowest BCUT2D eigenvalue weighted by Crippen LogP contribution is -2.14. The van der Waals surface area contributed by atoms with E-state index in [4.69, 9.17) is 36.1 Å². The number of nitrogen functional groups attached to an aromatic ring is 3. The Morgan fingerprint density at radius 1 is 0.878 bits per heavy atom. The maximum absolute atomic E-state index is 11.9. The zero-order chi connectivity index (χ0) is 29.8. The molecule has 0 aliphatic rings. The second-order valence-corrected chi connectivity index (χ2v) is 9.92. The van der Waals surface area contributed by atoms with E-state index in [1.165, 1.54) is 36.7 Å². The number of methoxy groups -OCH3 is 3. The van der Waals surface area contributed by atoms with E-state index < -0.39 is 10.0 Å². The number of hydrogen-bond acceptors (Lipinski definition) is 13. The van der Waals surface area contributed by atoms with E-state index in [-0.39, 0.29) is 16.8 Å². The molecule has 0 unspecified atom stereocenters. The zero-order valence-corrected chi connectivity index (χ0v) is 23.6. The summed E-state index contributed by atoms with van der Waals surface area (Å²) in [5.74, 6) is 2.19. The van der Waals surface area contributed by atoms with Crippen LogP contribution in [-0.4, -0.2) is 62.9 Å². The Bertz CT molecular complexity index is 1500. The number of benzene rings is 2. The van der Waals surface area contributed by atoms with Gasteiger partial charge in [0.1, 0.15) is 12.4 Å². The third kappa shape index (κ3) is 8.81. The van der Waals surface area contributed by atoms with Gasteiger partial charge in [0.15, 0.2) is 11.5 Å². The molecule has 0 fully saturated rings. The van der Waals surface area contributed by atoms with Gasteiger partial charge in [0.25, 0.3) is 10.0 Å². The van der Waals surface area contributed by atoms with Crippen molar-refractivity contribution in [2.45, 2.75) is 11.3 Å². The normalized spacial score (nSPS) is 10.7. The Morgan fingerprint density at radius 3 is 2.07 bits per heavy atom. The number of nitrogens with zero attached hydrogens (tertiary/aromatic N) is 4. The highest BCUT2D eigenvalue weighted by Gasteiger charge is 2.16. The van der Waals surface area contributed by atoms with E-state index in [1.807, 2.05) is 12.1 Å². The van der Waals surface area contributed by atoms with Crippen molar-refractivity contribution in [3.05, 3.63) is 72.2 Å². The van der Waals surface area contributed by atoms with Crippen LogP contribution >= 0.6 is 0 Å². The fourth-order valence-corrected chi connectivity index (χ4v) is 4.33. The summed E-state index contributed by atoms with van der Waals surface area (Å²) < 4.78 is 47.5. The number of hydrogen-bond donors (Lipinski definition) is 4. The van der Waals surface area contributed by atoms with Gasteiger partial charge in [-0.1, -0.05) is 0 Å². The Labute approximate surface area is 237 Å². The summed E-state index contributed by atoms with van der Waals surface area (Å²) in [4.78, 5) is 15.6. The second kappa shape index (κ2) is 14.5. The van der Waals surface area contributed by atoms with Gasteiger partial charge in [-0.2, -0.15) is 4.98 Å². The smallest absolute Gasteiger partial charge is 0.264 e. The molecule has 41 heavy (non-hydrogen) atoms. The zero-order valence-electron chi connectivity index (χ0n) is 22.8. The van der Waals surface area contributed by atoms with Gasteiger partial charge in [0.2, 0.25) is 17.6 Å². The number of anilines is 4. The average Bonchev–Trinajstić information content (AvgIpc) is 2.96. The van der Waals surface area contributed by atoms with E-state index in [9.17, 15) is 8.42 Å². The minimum atomic E-state index is -3.66. The van der Waals surface area contributed by atoms with Gasteiger partial charge in [-0.25, -0.2) is 28.1 Å². The Balaban J connectivity index is 0.000000239. The molecule has 14 nitrogen and oxygen atoms in total. The number of nitrogens with two attached hydrogens (primary N) is 3. The molecule has 0 atom stereocenters. The fraction of sp³-hybridized carbons (Fsp3) is 0.231. The molecule has 0 saturated heterocycles. The van der Waals surface area contributed by atoms with Crippen LogP contribution in [0.25, 0.3) is 0 Å². The highest BCUT2D eigenvalue weighted by Crippen LogP contribution is 2.39. The van der Waals surface area contributed by atoms with Crippen LogP contribution in [0.15, 0.2) is 66.0 Å². The lowest BCUT2D eigenvalue weighted by molar-refractivity contribution is 0.142. The van der Waals surface area contributed by atoms with Crippen molar-refractivity contribution in [1.82, 2.24) is 19.9 Å². The third-order valence-corrected chi connectivity index (χ3v) is 6.69. The Morgan fingerprint density at radius 2 is 1.51 bits per heavy atom. The second-order valence-electron chi connectivity index (χ2n) is 8.23. The van der Waals surface area contributed by atoms with E-state index in [0.717, 1.165) is 11.1 Å². The molecule has 0 saturated carbocycles. The summed E-state index contributed by atoms with van der Waals surface area (Å²) >= 11 is 0. The van der Waals surface area contributed by atoms with Crippen molar-refractivity contribution in [1.29, 1.82) is 0 Å². The van der Waals surface area contributed by atoms with Gasteiger partial charge in [-0.15, -0.1) is 0 Å². The SMILES string of the molecule is COCCOc1c(OC)cc(Cc2cnc(N)nc2N)cc1OC.Nc1ccc(S(=O)(=O)Nc2ncccn2)cc1. The largest absolute Gasteiger partial charge is 0.493 e. The van der Waals surface area contributed by atoms with Crippen molar-refractivity contribution >= 4 is 33.4 Å². The molecule has 0 aliphatic heterocycles. The fourth-order valence-electron chi connectivity index (χ4n) is 3.37. The summed E-state index contributed by atoms with van der Waals surface area (Å²) in [5, 5.41) is 0. The lowest BCUT2D eigenvalue weighted by Gasteiger charge is -2.16. The molecule has 0 aliphatic carbocycles. The predicted octanol–water partition coefficient (Wildman–Crippen LogP) is 2.13. The number of sulfonamides is 1. The minimum Gasteiger partial charge on any atom is -0.493 e. The van der Waals surface area contributed by atoms with Gasteiger partial charge >= 0.3 is 0 Å². The lowest BCUT2D eigenvalue weighted by atomic mass is 10.1. The summed E-state index contributed by atoms with van der Waals surface area (Å²) in [7, 11) is 1.09. The van der Waals surface area contributed by atoms with Crippen LogP contribution in [0.1, 0.15) is 11.1 Å². The summed E-state index contributed by atoms with van der Waals surface area (Å²) in [6.07, 6.45) is 5.03. The van der Waals surface area contributed by atoms with Crippen molar-refractivity contribution in [2.75, 3.05) is 56.5 Å². The van der Waals surface area contributed by atoms with Gasteiger partial charge in [0.05, 0.1) is 25.7 Å². The molecule has 15 heteroatoms. The van der Waals surface area contributed by atoms with Crippen molar-refractivity contribution in [3.8, 4) is 17.2 Å². The monoisotopic (exact) mass is 584 g/mol. The average molecular weight is 585 g/mol. The van der Waals surface area contributed by atoms with Crippen LogP contribution in [0.3, 0.4) is 0 Å². The molecule has 2 aromatic heterocycles. The van der Waals surface area contributed by atoms with E-state index in [1.54, 1.807) is 33.6 Å². The molecule has 0 spiro atoms. The Kier molecular flexibility index (Phi) is 10.8. The maximum atomic E-state index is 11.9. The van der Waals surface area contributed by atoms with Crippen LogP contribution in [0, 0.1) is 0 Å². The first kappa shape index (κ1) is 30.6. The van der Waals surface area contributed by atoms with Crippen molar-refractivity contribution in [2.24, 2.45) is 0 Å². The van der Waals surface area contributed by atoms with Crippen LogP contribution in [-0.2, 0) is 21.2 Å². The summed E-state index contributed by atoms with van der Waals surface area (Å²) in [6, 6.07) is 11.2. The molecular weight excluding hydrogens is 552 g/mol. The number of aromatic nitrogens is 4. The molecule has 0 amide bonds. The maximum Gasteiger partial charge on any atom is 0.264 e. The summed E-state index contributed by atoms with van der Waals surface area (Å²) in [6.45, 7) is 0.856. The first-order valence-electron chi connectivity index (χ1n) is 12.1. The molecule has 0 radical (unpaired) electrons.